The molecule has 1 N–H and O–H groups in total. The maximum absolute atomic E-state index is 5.05. The van der Waals surface area contributed by atoms with Gasteiger partial charge in [-0.2, -0.15) is 0 Å². The first-order valence-corrected chi connectivity index (χ1v) is 10.0. The molecule has 3 fully saturated rings. The Bertz CT molecular complexity index is 436. The lowest BCUT2D eigenvalue weighted by Crippen LogP contribution is -2.51. The van der Waals surface area contributed by atoms with Gasteiger partial charge in [-0.3, -0.25) is 9.89 Å². The lowest BCUT2D eigenvalue weighted by molar-refractivity contribution is 0.119. The fourth-order valence-corrected chi connectivity index (χ4v) is 4.74. The van der Waals surface area contributed by atoms with Gasteiger partial charge >= 0.3 is 0 Å². The number of hydrogen-bond acceptors (Lipinski definition) is 3. The second-order valence-corrected chi connectivity index (χ2v) is 8.32. The number of nitrogens with one attached hydrogen (secondary N) is 1. The van der Waals surface area contributed by atoms with Crippen LogP contribution in [0.3, 0.4) is 0 Å². The first-order chi connectivity index (χ1) is 11.6. The first-order valence-electron chi connectivity index (χ1n) is 10.0. The highest BCUT2D eigenvalue weighted by molar-refractivity contribution is 14.0. The van der Waals surface area contributed by atoms with Crippen molar-refractivity contribution in [2.75, 3.05) is 59.9 Å². The lowest BCUT2D eigenvalue weighted by Gasteiger charge is -2.37. The van der Waals surface area contributed by atoms with Crippen molar-refractivity contribution in [3.8, 4) is 0 Å². The van der Waals surface area contributed by atoms with Crippen LogP contribution in [0.4, 0.5) is 0 Å². The Labute approximate surface area is 171 Å². The van der Waals surface area contributed by atoms with Gasteiger partial charge in [0.25, 0.3) is 0 Å². The van der Waals surface area contributed by atoms with Gasteiger partial charge in [0, 0.05) is 45.3 Å². The van der Waals surface area contributed by atoms with Crippen LogP contribution >= 0.6 is 24.0 Å². The van der Waals surface area contributed by atoms with Crippen molar-refractivity contribution in [1.29, 1.82) is 0 Å². The highest BCUT2D eigenvalue weighted by Gasteiger charge is 2.39. The van der Waals surface area contributed by atoms with Crippen molar-refractivity contribution in [1.82, 2.24) is 20.0 Å². The van der Waals surface area contributed by atoms with E-state index in [1.165, 1.54) is 58.2 Å². The summed E-state index contributed by atoms with van der Waals surface area (Å²) in [5, 5.41) is 3.56. The number of likely N-dealkylation sites (N-methyl/N-ethyl adjacent to an activating group) is 2. The van der Waals surface area contributed by atoms with Crippen LogP contribution in [0.25, 0.3) is 0 Å². The van der Waals surface area contributed by atoms with Gasteiger partial charge in [0.1, 0.15) is 0 Å². The zero-order valence-corrected chi connectivity index (χ0v) is 18.8. The van der Waals surface area contributed by atoms with Crippen LogP contribution in [-0.2, 0) is 0 Å². The van der Waals surface area contributed by atoms with Gasteiger partial charge in [-0.25, -0.2) is 0 Å². The van der Waals surface area contributed by atoms with Gasteiger partial charge in [0.15, 0.2) is 5.96 Å². The molecule has 6 heteroatoms. The fourth-order valence-electron chi connectivity index (χ4n) is 4.74. The minimum absolute atomic E-state index is 0. The quantitative estimate of drug-likeness (QED) is 0.396. The zero-order chi connectivity index (χ0) is 17.0. The third-order valence-corrected chi connectivity index (χ3v) is 6.42. The van der Waals surface area contributed by atoms with E-state index in [2.05, 4.69) is 41.0 Å². The van der Waals surface area contributed by atoms with E-state index >= 15 is 0 Å². The number of likely N-dealkylation sites (tertiary alicyclic amines) is 1. The van der Waals surface area contributed by atoms with Gasteiger partial charge in [-0.05, 0) is 45.7 Å². The van der Waals surface area contributed by atoms with E-state index in [0.717, 1.165) is 32.1 Å². The number of nitrogens with zero attached hydrogens (tertiary/aromatic N) is 4. The van der Waals surface area contributed by atoms with E-state index in [0.29, 0.717) is 11.5 Å². The monoisotopic (exact) mass is 463 g/mol. The van der Waals surface area contributed by atoms with Crippen LogP contribution in [-0.4, -0.2) is 86.6 Å². The summed E-state index contributed by atoms with van der Waals surface area (Å²) in [6.07, 6.45) is 8.53. The Kier molecular flexibility index (Phi) is 8.27. The molecule has 0 amide bonds. The van der Waals surface area contributed by atoms with Gasteiger partial charge < -0.3 is 15.1 Å². The van der Waals surface area contributed by atoms with Crippen LogP contribution in [0.15, 0.2) is 4.99 Å². The number of hydrogen-bond donors (Lipinski definition) is 1. The highest BCUT2D eigenvalue weighted by atomic mass is 127. The summed E-state index contributed by atoms with van der Waals surface area (Å²) < 4.78 is 0. The van der Waals surface area contributed by atoms with Crippen LogP contribution in [0.5, 0.6) is 0 Å². The predicted octanol–water partition coefficient (Wildman–Crippen LogP) is 2.47. The molecule has 1 unspecified atom stereocenters. The van der Waals surface area contributed by atoms with Crippen molar-refractivity contribution in [2.24, 2.45) is 10.4 Å². The van der Waals surface area contributed by atoms with Crippen LogP contribution in [0, 0.1) is 5.41 Å². The van der Waals surface area contributed by atoms with E-state index in [9.17, 15) is 0 Å². The molecule has 25 heavy (non-hydrogen) atoms. The average molecular weight is 463 g/mol. The van der Waals surface area contributed by atoms with Gasteiger partial charge in [-0.15, -0.1) is 24.0 Å². The Hall–Kier alpha value is -0.0800. The summed E-state index contributed by atoms with van der Waals surface area (Å²) in [6, 6.07) is 0.545. The van der Waals surface area contributed by atoms with Crippen molar-refractivity contribution in [3.63, 3.8) is 0 Å². The molecule has 1 aliphatic carbocycles. The summed E-state index contributed by atoms with van der Waals surface area (Å²) in [5.41, 5.74) is 0.594. The zero-order valence-electron chi connectivity index (χ0n) is 16.5. The summed E-state index contributed by atoms with van der Waals surface area (Å²) in [5.74, 6) is 1.15. The summed E-state index contributed by atoms with van der Waals surface area (Å²) in [4.78, 5) is 12.5. The largest absolute Gasteiger partial charge is 0.357 e. The van der Waals surface area contributed by atoms with E-state index < -0.39 is 0 Å². The second-order valence-electron chi connectivity index (χ2n) is 8.32. The molecule has 0 aromatic heterocycles. The summed E-state index contributed by atoms with van der Waals surface area (Å²) in [6.45, 7) is 9.91. The van der Waals surface area contributed by atoms with Gasteiger partial charge in [0.2, 0.25) is 0 Å². The molecule has 1 atom stereocenters. The van der Waals surface area contributed by atoms with E-state index in [-0.39, 0.29) is 24.0 Å². The number of aliphatic imine (C=N–C) groups is 1. The van der Waals surface area contributed by atoms with Gasteiger partial charge in [0.05, 0.1) is 6.54 Å². The molecule has 3 aliphatic rings. The summed E-state index contributed by atoms with van der Waals surface area (Å²) in [7, 11) is 4.47. The molecule has 1 saturated carbocycles. The Balaban J connectivity index is 0.00000225. The van der Waals surface area contributed by atoms with Crippen molar-refractivity contribution in [3.05, 3.63) is 0 Å². The van der Waals surface area contributed by atoms with Crippen molar-refractivity contribution in [2.45, 2.75) is 51.5 Å². The Morgan fingerprint density at radius 1 is 1.08 bits per heavy atom. The maximum atomic E-state index is 5.05. The van der Waals surface area contributed by atoms with Crippen LogP contribution in [0.2, 0.25) is 0 Å². The Morgan fingerprint density at radius 2 is 1.84 bits per heavy atom. The molecule has 0 aromatic rings. The minimum Gasteiger partial charge on any atom is -0.357 e. The van der Waals surface area contributed by atoms with Crippen LogP contribution in [0.1, 0.15) is 45.4 Å². The molecule has 2 saturated heterocycles. The number of halogens is 1. The molecule has 5 nitrogen and oxygen atoms in total. The summed E-state index contributed by atoms with van der Waals surface area (Å²) >= 11 is 0. The molecular weight excluding hydrogens is 425 g/mol. The Morgan fingerprint density at radius 3 is 2.56 bits per heavy atom. The van der Waals surface area contributed by atoms with Crippen LogP contribution < -0.4 is 5.32 Å². The van der Waals surface area contributed by atoms with E-state index in [1.54, 1.807) is 0 Å². The van der Waals surface area contributed by atoms with Gasteiger partial charge in [-0.1, -0.05) is 19.3 Å². The van der Waals surface area contributed by atoms with Crippen molar-refractivity contribution >= 4 is 29.9 Å². The molecule has 3 rings (SSSR count). The molecular formula is C19H38IN5. The topological polar surface area (TPSA) is 34.1 Å². The van der Waals surface area contributed by atoms with E-state index in [1.807, 2.05) is 0 Å². The smallest absolute Gasteiger partial charge is 0.193 e. The fraction of sp³-hybridized carbons (Fsp3) is 0.947. The molecule has 0 aromatic carbocycles. The molecule has 2 heterocycles. The molecule has 0 bridgehead atoms. The molecule has 2 aliphatic heterocycles. The predicted molar refractivity (Wildman–Crippen MR) is 117 cm³/mol. The standard InChI is InChI=1S/C19H37N5.HI/c1-4-20-18(21-14-17-15-22(2)12-13-23(17)3)24-11-10-19(16-24)8-6-5-7-9-19;/h17H,4-16H2,1-3H3,(H,20,21);1H. The average Bonchev–Trinajstić information content (AvgIpc) is 2.98. The highest BCUT2D eigenvalue weighted by Crippen LogP contribution is 2.43. The number of rotatable bonds is 3. The molecule has 1 spiro atoms. The third kappa shape index (κ3) is 5.45. The lowest BCUT2D eigenvalue weighted by atomic mass is 9.73. The second kappa shape index (κ2) is 9.74. The van der Waals surface area contributed by atoms with E-state index in [4.69, 9.17) is 4.99 Å². The third-order valence-electron chi connectivity index (χ3n) is 6.42. The maximum Gasteiger partial charge on any atom is 0.193 e. The SMILES string of the molecule is CCNC(=NCC1CN(C)CCN1C)N1CCC2(CCCCC2)C1.I. The first kappa shape index (κ1) is 21.2. The molecule has 0 radical (unpaired) electrons. The van der Waals surface area contributed by atoms with Crippen molar-refractivity contribution < 1.29 is 0 Å². The normalized spacial score (nSPS) is 28.2. The minimum atomic E-state index is 0. The molecule has 146 valence electrons. The number of guanidine groups is 1. The number of piperazine rings is 1.